The van der Waals surface area contributed by atoms with Crippen LogP contribution in [0.1, 0.15) is 0 Å². The second-order valence-corrected chi connectivity index (χ2v) is 7.50. The van der Waals surface area contributed by atoms with Crippen LogP contribution in [0, 0.1) is 5.82 Å². The molecular formula is C17H11F4N3O4S. The van der Waals surface area contributed by atoms with Gasteiger partial charge < -0.3 is 0 Å². The molecular weight excluding hydrogens is 418 g/mol. The van der Waals surface area contributed by atoms with E-state index in [0.717, 1.165) is 21.4 Å². The Morgan fingerprint density at radius 2 is 1.69 bits per heavy atom. The van der Waals surface area contributed by atoms with Crippen LogP contribution in [0.4, 0.5) is 17.6 Å². The quantitative estimate of drug-likeness (QED) is 0.641. The van der Waals surface area contributed by atoms with Gasteiger partial charge in [0.15, 0.2) is 0 Å². The third kappa shape index (κ3) is 4.11. The first-order valence-electron chi connectivity index (χ1n) is 7.87. The summed E-state index contributed by atoms with van der Waals surface area (Å²) in [5.74, 6) is -2.13. The lowest BCUT2D eigenvalue weighted by Gasteiger charge is -2.13. The van der Waals surface area contributed by atoms with Gasteiger partial charge in [-0.15, -0.1) is 0 Å². The van der Waals surface area contributed by atoms with Gasteiger partial charge >= 0.3 is 15.5 Å². The molecule has 7 nitrogen and oxygen atoms in total. The van der Waals surface area contributed by atoms with Crippen LogP contribution in [0.25, 0.3) is 22.3 Å². The maximum absolute atomic E-state index is 13.2. The van der Waals surface area contributed by atoms with Crippen molar-refractivity contribution in [3.8, 4) is 11.3 Å². The van der Waals surface area contributed by atoms with Crippen molar-refractivity contribution in [2.75, 3.05) is 0 Å². The highest BCUT2D eigenvalue weighted by Crippen LogP contribution is 2.22. The van der Waals surface area contributed by atoms with E-state index in [9.17, 15) is 35.6 Å². The van der Waals surface area contributed by atoms with Crippen molar-refractivity contribution >= 4 is 27.0 Å². The second kappa shape index (κ2) is 7.28. The Hall–Kier alpha value is -3.28. The molecule has 1 N–H and O–H groups in total. The number of amides is 1. The van der Waals surface area contributed by atoms with Crippen LogP contribution in [0.3, 0.4) is 0 Å². The fraction of sp³-hybridized carbons (Fsp3) is 0.118. The highest BCUT2D eigenvalue weighted by molar-refractivity contribution is 7.90. The van der Waals surface area contributed by atoms with Gasteiger partial charge in [0, 0.05) is 5.56 Å². The van der Waals surface area contributed by atoms with Gasteiger partial charge in [-0.1, -0.05) is 12.1 Å². The van der Waals surface area contributed by atoms with Gasteiger partial charge in [-0.25, -0.2) is 14.1 Å². The fourth-order valence-corrected chi connectivity index (χ4v) is 3.01. The van der Waals surface area contributed by atoms with Gasteiger partial charge in [0.1, 0.15) is 18.1 Å². The summed E-state index contributed by atoms with van der Waals surface area (Å²) in [4.78, 5) is 28.9. The van der Waals surface area contributed by atoms with Gasteiger partial charge in [0.05, 0.1) is 11.0 Å². The number of fused-ring (bicyclic) bond motifs is 1. The first-order chi connectivity index (χ1) is 13.5. The zero-order valence-electron chi connectivity index (χ0n) is 14.3. The largest absolute Gasteiger partial charge is 0.516 e. The second-order valence-electron chi connectivity index (χ2n) is 5.82. The van der Waals surface area contributed by atoms with Gasteiger partial charge in [-0.3, -0.25) is 14.2 Å². The molecule has 0 atom stereocenters. The van der Waals surface area contributed by atoms with Gasteiger partial charge in [0.25, 0.3) is 11.5 Å². The normalized spacial score (nSPS) is 12.1. The lowest BCUT2D eigenvalue weighted by Crippen LogP contribution is -2.42. The van der Waals surface area contributed by atoms with Crippen LogP contribution in [0.5, 0.6) is 0 Å². The number of nitrogens with one attached hydrogen (secondary N) is 1. The first-order valence-corrected chi connectivity index (χ1v) is 9.35. The van der Waals surface area contributed by atoms with Crippen molar-refractivity contribution < 1.29 is 30.8 Å². The Labute approximate surface area is 160 Å². The number of hydrogen-bond donors (Lipinski definition) is 1. The van der Waals surface area contributed by atoms with Crippen molar-refractivity contribution in [2.45, 2.75) is 12.1 Å². The first kappa shape index (κ1) is 20.5. The molecule has 0 aliphatic rings. The fourth-order valence-electron chi connectivity index (χ4n) is 2.53. The van der Waals surface area contributed by atoms with E-state index in [0.29, 0.717) is 0 Å². The van der Waals surface area contributed by atoms with Crippen LogP contribution in [0.15, 0.2) is 53.3 Å². The van der Waals surface area contributed by atoms with Crippen LogP contribution >= 0.6 is 0 Å². The summed E-state index contributed by atoms with van der Waals surface area (Å²) in [5, 5.41) is 0. The third-order valence-corrected chi connectivity index (χ3v) is 4.93. The zero-order chi connectivity index (χ0) is 21.4. The molecule has 0 fully saturated rings. The summed E-state index contributed by atoms with van der Waals surface area (Å²) in [6.07, 6.45) is 0. The van der Waals surface area contributed by atoms with Crippen molar-refractivity contribution in [3.05, 3.63) is 64.7 Å². The summed E-state index contributed by atoms with van der Waals surface area (Å²) >= 11 is 0. The Bertz CT molecular complexity index is 1250. The molecule has 29 heavy (non-hydrogen) atoms. The Morgan fingerprint density at radius 3 is 2.31 bits per heavy atom. The highest BCUT2D eigenvalue weighted by atomic mass is 32.2. The number of carbonyl (C=O) groups excluding carboxylic acids is 1. The number of benzene rings is 2. The lowest BCUT2D eigenvalue weighted by molar-refractivity contribution is -0.120. The Morgan fingerprint density at radius 1 is 1.07 bits per heavy atom. The van der Waals surface area contributed by atoms with E-state index >= 15 is 0 Å². The molecule has 0 saturated carbocycles. The molecule has 1 aromatic heterocycles. The molecule has 0 unspecified atom stereocenters. The van der Waals surface area contributed by atoms with E-state index < -0.39 is 39.4 Å². The van der Waals surface area contributed by atoms with Crippen molar-refractivity contribution in [1.82, 2.24) is 14.3 Å². The summed E-state index contributed by atoms with van der Waals surface area (Å²) in [7, 11) is -5.92. The molecule has 12 heteroatoms. The number of carbonyl (C=O) groups is 1. The SMILES string of the molecule is O=C(Cn1c(=O)c(-c2ccc(F)cc2)nc2ccccc21)NS(=O)(=O)C(F)(F)F. The number of para-hydroxylation sites is 2. The minimum Gasteiger partial charge on any atom is -0.295 e. The number of nitrogens with zero attached hydrogens (tertiary/aromatic N) is 2. The van der Waals surface area contributed by atoms with Crippen LogP contribution in [0.2, 0.25) is 0 Å². The summed E-state index contributed by atoms with van der Waals surface area (Å²) in [5.41, 5.74) is -6.21. The average molecular weight is 429 g/mol. The summed E-state index contributed by atoms with van der Waals surface area (Å²) < 4.78 is 74.5. The van der Waals surface area contributed by atoms with E-state index in [1.165, 1.54) is 30.3 Å². The highest BCUT2D eigenvalue weighted by Gasteiger charge is 2.47. The molecule has 0 saturated heterocycles. The van der Waals surface area contributed by atoms with Gasteiger partial charge in [0.2, 0.25) is 0 Å². The predicted octanol–water partition coefficient (Wildman–Crippen LogP) is 2.17. The van der Waals surface area contributed by atoms with E-state index in [2.05, 4.69) is 4.98 Å². The van der Waals surface area contributed by atoms with E-state index in [4.69, 9.17) is 0 Å². The molecule has 0 bridgehead atoms. The monoisotopic (exact) mass is 429 g/mol. The van der Waals surface area contributed by atoms with E-state index in [1.807, 2.05) is 0 Å². The maximum atomic E-state index is 13.2. The smallest absolute Gasteiger partial charge is 0.295 e. The zero-order valence-corrected chi connectivity index (χ0v) is 15.1. The molecule has 1 heterocycles. The number of rotatable bonds is 4. The van der Waals surface area contributed by atoms with Gasteiger partial charge in [-0.05, 0) is 36.4 Å². The molecule has 0 aliphatic carbocycles. The Kier molecular flexibility index (Phi) is 5.13. The molecule has 0 radical (unpaired) electrons. The molecule has 2 aromatic carbocycles. The number of sulfonamides is 1. The minimum absolute atomic E-state index is 0.0999. The average Bonchev–Trinajstić information content (AvgIpc) is 2.63. The number of hydrogen-bond acceptors (Lipinski definition) is 5. The van der Waals surface area contributed by atoms with Crippen molar-refractivity contribution in [1.29, 1.82) is 0 Å². The van der Waals surface area contributed by atoms with Gasteiger partial charge in [-0.2, -0.15) is 21.6 Å². The van der Waals surface area contributed by atoms with Crippen LogP contribution in [-0.2, 0) is 21.4 Å². The predicted molar refractivity (Wildman–Crippen MR) is 94.5 cm³/mol. The molecule has 1 amide bonds. The van der Waals surface area contributed by atoms with Crippen LogP contribution < -0.4 is 10.3 Å². The standard InChI is InChI=1S/C17H11F4N3O4S/c18-11-7-5-10(6-8-11)15-16(26)24(13-4-2-1-3-12(13)22-15)9-14(25)23-29(27,28)17(19,20)21/h1-8H,9H2,(H,23,25). The molecule has 0 spiro atoms. The summed E-state index contributed by atoms with van der Waals surface area (Å²) in [6, 6.07) is 10.7. The third-order valence-electron chi connectivity index (χ3n) is 3.82. The topological polar surface area (TPSA) is 98.1 Å². The Balaban J connectivity index is 2.09. The maximum Gasteiger partial charge on any atom is 0.516 e. The van der Waals surface area contributed by atoms with Crippen molar-refractivity contribution in [2.24, 2.45) is 0 Å². The molecule has 152 valence electrons. The van der Waals surface area contributed by atoms with E-state index in [1.54, 1.807) is 6.07 Å². The number of halogens is 4. The van der Waals surface area contributed by atoms with E-state index in [-0.39, 0.29) is 22.3 Å². The molecule has 0 aliphatic heterocycles. The minimum atomic E-state index is -5.92. The van der Waals surface area contributed by atoms with Crippen molar-refractivity contribution in [3.63, 3.8) is 0 Å². The lowest BCUT2D eigenvalue weighted by atomic mass is 10.1. The van der Waals surface area contributed by atoms with Crippen LogP contribution in [-0.4, -0.2) is 29.4 Å². The summed E-state index contributed by atoms with van der Waals surface area (Å²) in [6.45, 7) is -1.01. The molecule has 3 rings (SSSR count). The number of alkyl halides is 3. The molecule has 3 aromatic rings. The number of aromatic nitrogens is 2.